The van der Waals surface area contributed by atoms with Gasteiger partial charge in [0, 0.05) is 20.3 Å². The number of para-hydroxylation sites is 1. The van der Waals surface area contributed by atoms with Gasteiger partial charge in [0.25, 0.3) is 5.91 Å². The molecule has 0 fully saturated rings. The number of nitrogens with one attached hydrogen (secondary N) is 1. The Hall–Kier alpha value is -3.03. The Labute approximate surface area is 223 Å². The molecule has 2 aromatic heterocycles. The summed E-state index contributed by atoms with van der Waals surface area (Å²) in [5, 5.41) is 4.42. The second-order valence-electron chi connectivity index (χ2n) is 9.26. The molecular weight excluding hydrogens is 536 g/mol. The largest absolute Gasteiger partial charge is 0.459 e. The summed E-state index contributed by atoms with van der Waals surface area (Å²) >= 11 is 4.98. The highest BCUT2D eigenvalue weighted by Gasteiger charge is 2.28. The average molecular weight is 564 g/mol. The van der Waals surface area contributed by atoms with Crippen LogP contribution in [0.5, 0.6) is 0 Å². The molecule has 36 heavy (non-hydrogen) atoms. The van der Waals surface area contributed by atoms with Crippen molar-refractivity contribution in [2.45, 2.75) is 52.1 Å². The number of amides is 1. The zero-order chi connectivity index (χ0) is 25.2. The van der Waals surface area contributed by atoms with Gasteiger partial charge < -0.3 is 10.1 Å². The van der Waals surface area contributed by atoms with Crippen LogP contribution in [0.2, 0.25) is 0 Å². The van der Waals surface area contributed by atoms with Crippen LogP contribution in [0.4, 0.5) is 5.00 Å². The lowest BCUT2D eigenvalue weighted by atomic mass is 10.0. The van der Waals surface area contributed by atoms with Crippen molar-refractivity contribution in [2.24, 2.45) is 0 Å². The van der Waals surface area contributed by atoms with Crippen molar-refractivity contribution in [3.8, 4) is 11.3 Å². The molecule has 0 atom stereocenters. The third kappa shape index (κ3) is 5.08. The van der Waals surface area contributed by atoms with Crippen LogP contribution in [0.3, 0.4) is 0 Å². The summed E-state index contributed by atoms with van der Waals surface area (Å²) in [4.78, 5) is 32.9. The Balaban J connectivity index is 1.57. The standard InChI is InChI=1S/C29H27BrN2O3S/c1-17(2)35-29(34)26-21-9-4-3-5-11-25(21)36-28(26)32-27(33)22-16-24(18-12-14-19(30)15-13-18)31-23-10-7-6-8-20(22)23/h6-8,10,12-17H,3-5,9,11H2,1-2H3,(H,32,33). The van der Waals surface area contributed by atoms with Crippen LogP contribution in [0.25, 0.3) is 22.2 Å². The first-order chi connectivity index (χ1) is 17.4. The normalized spacial score (nSPS) is 13.3. The van der Waals surface area contributed by atoms with Crippen molar-refractivity contribution in [3.63, 3.8) is 0 Å². The van der Waals surface area contributed by atoms with Crippen molar-refractivity contribution in [2.75, 3.05) is 5.32 Å². The Morgan fingerprint density at radius 3 is 2.56 bits per heavy atom. The number of esters is 1. The number of anilines is 1. The number of hydrogen-bond donors (Lipinski definition) is 1. The summed E-state index contributed by atoms with van der Waals surface area (Å²) in [5.41, 5.74) is 4.45. The number of rotatable bonds is 5. The fourth-order valence-electron chi connectivity index (χ4n) is 4.62. The predicted octanol–water partition coefficient (Wildman–Crippen LogP) is 7.81. The van der Waals surface area contributed by atoms with Gasteiger partial charge in [-0.05, 0) is 69.4 Å². The topological polar surface area (TPSA) is 68.3 Å². The van der Waals surface area contributed by atoms with Gasteiger partial charge in [0.2, 0.25) is 0 Å². The van der Waals surface area contributed by atoms with Crippen molar-refractivity contribution >= 4 is 55.0 Å². The maximum atomic E-state index is 13.8. The molecule has 0 aliphatic heterocycles. The van der Waals surface area contributed by atoms with E-state index >= 15 is 0 Å². The summed E-state index contributed by atoms with van der Waals surface area (Å²) < 4.78 is 6.56. The van der Waals surface area contributed by atoms with Gasteiger partial charge in [0.15, 0.2) is 0 Å². The van der Waals surface area contributed by atoms with Crippen LogP contribution in [-0.2, 0) is 17.6 Å². The molecule has 1 aliphatic carbocycles. The highest BCUT2D eigenvalue weighted by Crippen LogP contribution is 2.39. The molecule has 0 bridgehead atoms. The summed E-state index contributed by atoms with van der Waals surface area (Å²) in [6.07, 6.45) is 4.78. The summed E-state index contributed by atoms with van der Waals surface area (Å²) in [5.74, 6) is -0.628. The Morgan fingerprint density at radius 2 is 1.78 bits per heavy atom. The maximum Gasteiger partial charge on any atom is 0.341 e. The minimum Gasteiger partial charge on any atom is -0.459 e. The van der Waals surface area contributed by atoms with Crippen molar-refractivity contribution in [3.05, 3.63) is 80.6 Å². The van der Waals surface area contributed by atoms with Gasteiger partial charge in [-0.15, -0.1) is 11.3 Å². The minimum atomic E-state index is -0.366. The number of carbonyl (C=O) groups excluding carboxylic acids is 2. The molecule has 184 valence electrons. The number of nitrogens with zero attached hydrogens (tertiary/aromatic N) is 1. The Morgan fingerprint density at radius 1 is 1.03 bits per heavy atom. The summed E-state index contributed by atoms with van der Waals surface area (Å²) in [6.45, 7) is 3.68. The number of thiophene rings is 1. The summed E-state index contributed by atoms with van der Waals surface area (Å²) in [7, 11) is 0. The predicted molar refractivity (Wildman–Crippen MR) is 149 cm³/mol. The number of benzene rings is 2. The molecule has 0 saturated carbocycles. The van der Waals surface area contributed by atoms with E-state index in [1.165, 1.54) is 16.2 Å². The van der Waals surface area contributed by atoms with Crippen LogP contribution in [0.1, 0.15) is 64.3 Å². The van der Waals surface area contributed by atoms with Gasteiger partial charge in [0.05, 0.1) is 28.4 Å². The summed E-state index contributed by atoms with van der Waals surface area (Å²) in [6, 6.07) is 17.3. The molecule has 2 heterocycles. The molecule has 0 unspecified atom stereocenters. The number of aryl methyl sites for hydroxylation is 1. The van der Waals surface area contributed by atoms with Gasteiger partial charge >= 0.3 is 5.97 Å². The van der Waals surface area contributed by atoms with E-state index in [4.69, 9.17) is 9.72 Å². The molecule has 5 nitrogen and oxygen atoms in total. The third-order valence-corrected chi connectivity index (χ3v) is 8.03. The second kappa shape index (κ2) is 10.5. The zero-order valence-electron chi connectivity index (χ0n) is 20.3. The lowest BCUT2D eigenvalue weighted by molar-refractivity contribution is 0.0378. The van der Waals surface area contributed by atoms with E-state index in [1.54, 1.807) is 0 Å². The van der Waals surface area contributed by atoms with E-state index in [1.807, 2.05) is 68.4 Å². The van der Waals surface area contributed by atoms with Gasteiger partial charge in [-0.3, -0.25) is 4.79 Å². The molecule has 0 radical (unpaired) electrons. The number of halogens is 1. The molecule has 5 rings (SSSR count). The first-order valence-electron chi connectivity index (χ1n) is 12.2. The lowest BCUT2D eigenvalue weighted by Gasteiger charge is -2.13. The molecule has 0 spiro atoms. The SMILES string of the molecule is CC(C)OC(=O)c1c(NC(=O)c2cc(-c3ccc(Br)cc3)nc3ccccc23)sc2c1CCCCC2. The van der Waals surface area contributed by atoms with Crippen LogP contribution < -0.4 is 5.32 Å². The van der Waals surface area contributed by atoms with E-state index in [9.17, 15) is 9.59 Å². The Kier molecular flexibility index (Phi) is 7.21. The highest BCUT2D eigenvalue weighted by atomic mass is 79.9. The Bertz CT molecular complexity index is 1440. The number of carbonyl (C=O) groups is 2. The van der Waals surface area contributed by atoms with Gasteiger partial charge in [-0.1, -0.05) is 52.7 Å². The van der Waals surface area contributed by atoms with Crippen molar-refractivity contribution < 1.29 is 14.3 Å². The van der Waals surface area contributed by atoms with E-state index in [0.717, 1.165) is 58.6 Å². The number of pyridine rings is 1. The number of ether oxygens (including phenoxy) is 1. The maximum absolute atomic E-state index is 13.8. The van der Waals surface area contributed by atoms with Gasteiger partial charge in [0.1, 0.15) is 5.00 Å². The van der Waals surface area contributed by atoms with E-state index in [2.05, 4.69) is 21.2 Å². The second-order valence-corrected chi connectivity index (χ2v) is 11.3. The third-order valence-electron chi connectivity index (χ3n) is 6.30. The number of fused-ring (bicyclic) bond motifs is 2. The molecule has 1 amide bonds. The van der Waals surface area contributed by atoms with Crippen LogP contribution in [-0.4, -0.2) is 23.0 Å². The lowest BCUT2D eigenvalue weighted by Crippen LogP contribution is -2.18. The van der Waals surface area contributed by atoms with Crippen molar-refractivity contribution in [1.82, 2.24) is 4.98 Å². The minimum absolute atomic E-state index is 0.236. The number of aromatic nitrogens is 1. The monoisotopic (exact) mass is 562 g/mol. The van der Waals surface area contributed by atoms with Gasteiger partial charge in [-0.2, -0.15) is 0 Å². The smallest absolute Gasteiger partial charge is 0.341 e. The van der Waals surface area contributed by atoms with E-state index < -0.39 is 0 Å². The fourth-order valence-corrected chi connectivity index (χ4v) is 6.16. The van der Waals surface area contributed by atoms with E-state index in [0.29, 0.717) is 21.8 Å². The fraction of sp³-hybridized carbons (Fsp3) is 0.276. The van der Waals surface area contributed by atoms with Gasteiger partial charge in [-0.25, -0.2) is 9.78 Å². The van der Waals surface area contributed by atoms with E-state index in [-0.39, 0.29) is 18.0 Å². The zero-order valence-corrected chi connectivity index (χ0v) is 22.7. The van der Waals surface area contributed by atoms with Crippen LogP contribution in [0.15, 0.2) is 59.1 Å². The van der Waals surface area contributed by atoms with Crippen LogP contribution in [0, 0.1) is 0 Å². The molecule has 2 aromatic carbocycles. The average Bonchev–Trinajstić information content (AvgIpc) is 3.03. The first kappa shape index (κ1) is 24.7. The quantitative estimate of drug-likeness (QED) is 0.199. The number of hydrogen-bond acceptors (Lipinski definition) is 5. The molecule has 1 aliphatic rings. The molecular formula is C29H27BrN2O3S. The molecule has 1 N–H and O–H groups in total. The highest BCUT2D eigenvalue weighted by molar-refractivity contribution is 9.10. The van der Waals surface area contributed by atoms with Crippen LogP contribution >= 0.6 is 27.3 Å². The van der Waals surface area contributed by atoms with Crippen molar-refractivity contribution in [1.29, 1.82) is 0 Å². The molecule has 4 aromatic rings. The first-order valence-corrected chi connectivity index (χ1v) is 13.8. The molecule has 7 heteroatoms. The molecule has 0 saturated heterocycles.